The third kappa shape index (κ3) is 5.45. The van der Waals surface area contributed by atoms with Gasteiger partial charge in [0, 0.05) is 22.5 Å². The molecule has 0 radical (unpaired) electrons. The lowest BCUT2D eigenvalue weighted by Gasteiger charge is -2.14. The zero-order valence-electron chi connectivity index (χ0n) is 15.1. The summed E-state index contributed by atoms with van der Waals surface area (Å²) in [5.41, 5.74) is 2.03. The summed E-state index contributed by atoms with van der Waals surface area (Å²) in [6.07, 6.45) is -1.71. The Labute approximate surface area is 169 Å². The van der Waals surface area contributed by atoms with Crippen LogP contribution in [0.1, 0.15) is 16.1 Å². The molecule has 3 rings (SSSR count). The largest absolute Gasteiger partial charge is 0.468 e. The summed E-state index contributed by atoms with van der Waals surface area (Å²) in [7, 11) is 0. The highest BCUT2D eigenvalue weighted by molar-refractivity contribution is 6.30. The van der Waals surface area contributed by atoms with E-state index in [0.29, 0.717) is 27.5 Å². The fourth-order valence-corrected chi connectivity index (χ4v) is 2.67. The number of amides is 1. The molecule has 0 aliphatic carbocycles. The molecule has 9 heteroatoms. The van der Waals surface area contributed by atoms with Crippen molar-refractivity contribution in [3.63, 3.8) is 0 Å². The van der Waals surface area contributed by atoms with Gasteiger partial charge in [-0.25, -0.2) is 4.98 Å². The number of aryl methyl sites for hydroxylation is 1. The van der Waals surface area contributed by atoms with E-state index in [9.17, 15) is 18.0 Å². The molecule has 0 spiro atoms. The molecule has 5 nitrogen and oxygen atoms in total. The molecule has 0 fully saturated rings. The highest BCUT2D eigenvalue weighted by Gasteiger charge is 2.29. The first-order valence-electron chi connectivity index (χ1n) is 8.41. The Kier molecular flexibility index (Phi) is 6.03. The van der Waals surface area contributed by atoms with E-state index in [-0.39, 0.29) is 11.4 Å². The molecule has 0 aliphatic heterocycles. The SMILES string of the molecule is Cc1ncccc1C(=O)Nc1cnc(OCC(F)(F)F)c(-c2ccc(Cl)cc2)c1. The molecule has 0 bridgehead atoms. The van der Waals surface area contributed by atoms with Gasteiger partial charge in [0.2, 0.25) is 5.88 Å². The second-order valence-electron chi connectivity index (χ2n) is 6.08. The first kappa shape index (κ1) is 20.6. The van der Waals surface area contributed by atoms with E-state index in [1.165, 1.54) is 12.3 Å². The fourth-order valence-electron chi connectivity index (χ4n) is 2.54. The van der Waals surface area contributed by atoms with Crippen LogP contribution in [-0.2, 0) is 0 Å². The van der Waals surface area contributed by atoms with Gasteiger partial charge in [0.15, 0.2) is 6.61 Å². The van der Waals surface area contributed by atoms with Gasteiger partial charge >= 0.3 is 6.18 Å². The van der Waals surface area contributed by atoms with E-state index in [0.717, 1.165) is 0 Å². The maximum absolute atomic E-state index is 12.6. The molecule has 1 N–H and O–H groups in total. The van der Waals surface area contributed by atoms with E-state index in [1.807, 2.05) is 0 Å². The predicted octanol–water partition coefficient (Wildman–Crippen LogP) is 5.30. The molecule has 1 amide bonds. The third-order valence-corrected chi connectivity index (χ3v) is 4.14. The maximum Gasteiger partial charge on any atom is 0.422 e. The summed E-state index contributed by atoms with van der Waals surface area (Å²) >= 11 is 5.88. The molecule has 0 atom stereocenters. The average Bonchev–Trinajstić information content (AvgIpc) is 2.67. The van der Waals surface area contributed by atoms with Crippen LogP contribution in [0.2, 0.25) is 5.02 Å². The summed E-state index contributed by atoms with van der Waals surface area (Å²) in [4.78, 5) is 20.5. The van der Waals surface area contributed by atoms with Crippen molar-refractivity contribution in [3.05, 3.63) is 71.1 Å². The number of hydrogen-bond donors (Lipinski definition) is 1. The van der Waals surface area contributed by atoms with Crippen LogP contribution in [0.15, 0.2) is 54.9 Å². The quantitative estimate of drug-likeness (QED) is 0.607. The van der Waals surface area contributed by atoms with Crippen molar-refractivity contribution in [2.45, 2.75) is 13.1 Å². The van der Waals surface area contributed by atoms with Crippen molar-refractivity contribution in [2.75, 3.05) is 11.9 Å². The average molecular weight is 422 g/mol. The standard InChI is InChI=1S/C20H15ClF3N3O2/c1-12-16(3-2-8-25-12)18(28)27-15-9-17(13-4-6-14(21)7-5-13)19(26-10-15)29-11-20(22,23)24/h2-10H,11H2,1H3,(H,27,28). The molecule has 29 heavy (non-hydrogen) atoms. The molecule has 2 aromatic heterocycles. The van der Waals surface area contributed by atoms with Crippen LogP contribution in [-0.4, -0.2) is 28.7 Å². The number of anilines is 1. The van der Waals surface area contributed by atoms with Crippen LogP contribution in [0.25, 0.3) is 11.1 Å². The van der Waals surface area contributed by atoms with E-state index < -0.39 is 18.7 Å². The Morgan fingerprint density at radius 2 is 1.90 bits per heavy atom. The van der Waals surface area contributed by atoms with E-state index in [2.05, 4.69) is 15.3 Å². The van der Waals surface area contributed by atoms with Crippen molar-refractivity contribution < 1.29 is 22.7 Å². The number of hydrogen-bond acceptors (Lipinski definition) is 4. The Morgan fingerprint density at radius 1 is 1.17 bits per heavy atom. The number of nitrogens with one attached hydrogen (secondary N) is 1. The maximum atomic E-state index is 12.6. The number of carbonyl (C=O) groups is 1. The van der Waals surface area contributed by atoms with Crippen molar-refractivity contribution in [1.29, 1.82) is 0 Å². The minimum Gasteiger partial charge on any atom is -0.468 e. The second kappa shape index (κ2) is 8.48. The van der Waals surface area contributed by atoms with Gasteiger partial charge in [0.25, 0.3) is 5.91 Å². The molecule has 0 saturated heterocycles. The second-order valence-corrected chi connectivity index (χ2v) is 6.51. The Bertz CT molecular complexity index is 1020. The van der Waals surface area contributed by atoms with Crippen molar-refractivity contribution in [2.24, 2.45) is 0 Å². The van der Waals surface area contributed by atoms with E-state index >= 15 is 0 Å². The monoisotopic (exact) mass is 421 g/mol. The third-order valence-electron chi connectivity index (χ3n) is 3.89. The smallest absolute Gasteiger partial charge is 0.422 e. The molecule has 0 saturated carbocycles. The van der Waals surface area contributed by atoms with Crippen molar-refractivity contribution >= 4 is 23.2 Å². The van der Waals surface area contributed by atoms with Crippen LogP contribution >= 0.6 is 11.6 Å². The van der Waals surface area contributed by atoms with Gasteiger partial charge in [-0.15, -0.1) is 0 Å². The van der Waals surface area contributed by atoms with Gasteiger partial charge in [-0.05, 0) is 42.8 Å². The number of halogens is 4. The van der Waals surface area contributed by atoms with Gasteiger partial charge in [-0.1, -0.05) is 23.7 Å². The fraction of sp³-hybridized carbons (Fsp3) is 0.150. The molecule has 0 unspecified atom stereocenters. The predicted molar refractivity (Wildman–Crippen MR) is 103 cm³/mol. The van der Waals surface area contributed by atoms with Crippen LogP contribution in [0.5, 0.6) is 5.88 Å². The molecule has 150 valence electrons. The minimum atomic E-state index is -4.51. The van der Waals surface area contributed by atoms with E-state index in [1.54, 1.807) is 49.5 Å². The Hall–Kier alpha value is -3.13. The highest BCUT2D eigenvalue weighted by atomic mass is 35.5. The number of benzene rings is 1. The summed E-state index contributed by atoms with van der Waals surface area (Å²) in [6.45, 7) is 0.210. The van der Waals surface area contributed by atoms with Gasteiger partial charge < -0.3 is 10.1 Å². The van der Waals surface area contributed by atoms with Crippen LogP contribution in [0, 0.1) is 6.92 Å². The number of ether oxygens (including phenoxy) is 1. The van der Waals surface area contributed by atoms with Gasteiger partial charge in [0.1, 0.15) is 0 Å². The summed E-state index contributed by atoms with van der Waals surface area (Å²) in [5.74, 6) is -0.622. The highest BCUT2D eigenvalue weighted by Crippen LogP contribution is 2.32. The molecular formula is C20H15ClF3N3O2. The molecular weight excluding hydrogens is 407 g/mol. The van der Waals surface area contributed by atoms with Crippen molar-refractivity contribution in [1.82, 2.24) is 9.97 Å². The number of carbonyl (C=O) groups excluding carboxylic acids is 1. The number of aromatic nitrogens is 2. The lowest BCUT2D eigenvalue weighted by Crippen LogP contribution is -2.20. The lowest BCUT2D eigenvalue weighted by atomic mass is 10.1. The molecule has 0 aliphatic rings. The van der Waals surface area contributed by atoms with Gasteiger partial charge in [-0.2, -0.15) is 13.2 Å². The number of nitrogens with zero attached hydrogens (tertiary/aromatic N) is 2. The number of pyridine rings is 2. The zero-order chi connectivity index (χ0) is 21.0. The summed E-state index contributed by atoms with van der Waals surface area (Å²) in [6, 6.07) is 11.2. The van der Waals surface area contributed by atoms with Gasteiger partial charge in [-0.3, -0.25) is 9.78 Å². The Balaban J connectivity index is 1.93. The van der Waals surface area contributed by atoms with Crippen LogP contribution in [0.3, 0.4) is 0 Å². The minimum absolute atomic E-state index is 0.208. The Morgan fingerprint density at radius 3 is 2.55 bits per heavy atom. The van der Waals surface area contributed by atoms with Crippen LogP contribution < -0.4 is 10.1 Å². The normalized spacial score (nSPS) is 11.2. The molecule has 3 aromatic rings. The van der Waals surface area contributed by atoms with Crippen molar-refractivity contribution in [3.8, 4) is 17.0 Å². The molecule has 2 heterocycles. The zero-order valence-corrected chi connectivity index (χ0v) is 15.9. The van der Waals surface area contributed by atoms with Crippen LogP contribution in [0.4, 0.5) is 18.9 Å². The summed E-state index contributed by atoms with van der Waals surface area (Å²) < 4.78 is 42.6. The number of rotatable bonds is 5. The van der Waals surface area contributed by atoms with Gasteiger partial charge in [0.05, 0.1) is 17.4 Å². The lowest BCUT2D eigenvalue weighted by molar-refractivity contribution is -0.154. The van der Waals surface area contributed by atoms with E-state index in [4.69, 9.17) is 16.3 Å². The summed E-state index contributed by atoms with van der Waals surface area (Å²) in [5, 5.41) is 3.14. The topological polar surface area (TPSA) is 64.1 Å². The first-order valence-corrected chi connectivity index (χ1v) is 8.79. The number of alkyl halides is 3. The molecule has 1 aromatic carbocycles. The first-order chi connectivity index (χ1) is 13.7.